The minimum Gasteiger partial charge on any atom is -0.508 e. The number of phenols is 1. The summed E-state index contributed by atoms with van der Waals surface area (Å²) in [6.07, 6.45) is 2.57. The molecule has 0 aromatic heterocycles. The predicted molar refractivity (Wildman–Crippen MR) is 163 cm³/mol. The first-order chi connectivity index (χ1) is 21.2. The van der Waals surface area contributed by atoms with Crippen LogP contribution in [0, 0.1) is 5.92 Å². The molecule has 4 N–H and O–H groups in total. The zero-order chi connectivity index (χ0) is 30.4. The second-order valence-corrected chi connectivity index (χ2v) is 13.1. The van der Waals surface area contributed by atoms with Crippen LogP contribution in [0.5, 0.6) is 23.0 Å². The number of likely N-dealkylation sites (tertiary alicyclic amines) is 1. The molecule has 9 nitrogen and oxygen atoms in total. The Morgan fingerprint density at radius 3 is 2.57 bits per heavy atom. The molecule has 5 aliphatic rings. The SMILES string of the molecule is C/C(C(=O)Nc1ccc(-c2ccc3c(c2)OCO3)cc1)=C(/O)[C@@H]1Oc2c(O)ccc3c2[C@@]12CCN(CC1CC1)[C@H](C3)[C@@]2(C)O. The maximum Gasteiger partial charge on any atom is 0.254 e. The van der Waals surface area contributed by atoms with Crippen molar-refractivity contribution in [2.24, 2.45) is 5.92 Å². The van der Waals surface area contributed by atoms with Gasteiger partial charge in [-0.15, -0.1) is 0 Å². The molecule has 2 bridgehead atoms. The van der Waals surface area contributed by atoms with Gasteiger partial charge in [0.1, 0.15) is 5.76 Å². The summed E-state index contributed by atoms with van der Waals surface area (Å²) < 4.78 is 17.2. The zero-order valence-electron chi connectivity index (χ0n) is 24.8. The Morgan fingerprint density at radius 2 is 1.80 bits per heavy atom. The normalized spacial score (nSPS) is 28.6. The van der Waals surface area contributed by atoms with Gasteiger partial charge in [-0.2, -0.15) is 0 Å². The summed E-state index contributed by atoms with van der Waals surface area (Å²) in [4.78, 5) is 15.9. The van der Waals surface area contributed by atoms with Gasteiger partial charge in [0, 0.05) is 23.8 Å². The van der Waals surface area contributed by atoms with E-state index in [2.05, 4.69) is 10.2 Å². The Balaban J connectivity index is 1.08. The van der Waals surface area contributed by atoms with Crippen LogP contribution in [0.15, 0.2) is 65.9 Å². The number of nitrogens with one attached hydrogen (secondary N) is 1. The molecule has 2 aliphatic carbocycles. The number of amides is 1. The molecular weight excluding hydrogens is 560 g/mol. The van der Waals surface area contributed by atoms with E-state index in [0.717, 1.165) is 35.3 Å². The Morgan fingerprint density at radius 1 is 1.05 bits per heavy atom. The van der Waals surface area contributed by atoms with Crippen LogP contribution in [-0.4, -0.2) is 63.8 Å². The van der Waals surface area contributed by atoms with Crippen molar-refractivity contribution in [3.05, 3.63) is 77.1 Å². The smallest absolute Gasteiger partial charge is 0.254 e. The highest BCUT2D eigenvalue weighted by atomic mass is 16.7. The Hall–Kier alpha value is -4.21. The molecule has 1 spiro atoms. The lowest BCUT2D eigenvalue weighted by molar-refractivity contribution is -0.153. The number of aliphatic hydroxyl groups is 2. The Kier molecular flexibility index (Phi) is 5.99. The third kappa shape index (κ3) is 3.95. The van der Waals surface area contributed by atoms with Crippen molar-refractivity contribution in [2.45, 2.75) is 62.7 Å². The van der Waals surface area contributed by atoms with E-state index in [1.807, 2.05) is 43.3 Å². The summed E-state index contributed by atoms with van der Waals surface area (Å²) in [6, 6.07) is 16.5. The minimum atomic E-state index is -1.27. The number of hydrogen-bond donors (Lipinski definition) is 4. The van der Waals surface area contributed by atoms with E-state index in [0.29, 0.717) is 41.7 Å². The molecule has 1 saturated heterocycles. The molecule has 1 saturated carbocycles. The van der Waals surface area contributed by atoms with Crippen molar-refractivity contribution in [1.82, 2.24) is 4.90 Å². The van der Waals surface area contributed by atoms with Gasteiger partial charge < -0.3 is 34.8 Å². The van der Waals surface area contributed by atoms with Gasteiger partial charge in [0.15, 0.2) is 29.1 Å². The van der Waals surface area contributed by atoms with E-state index in [-0.39, 0.29) is 29.9 Å². The summed E-state index contributed by atoms with van der Waals surface area (Å²) in [5, 5.41) is 37.8. The molecule has 3 heterocycles. The summed E-state index contributed by atoms with van der Waals surface area (Å²) in [5.74, 6) is 1.63. The first kappa shape index (κ1) is 27.3. The number of piperidine rings is 1. The third-order valence-electron chi connectivity index (χ3n) is 10.6. The molecule has 3 aromatic carbocycles. The largest absolute Gasteiger partial charge is 0.508 e. The standard InChI is InChI=1S/C35H36N2O7/c1-19(33(40)36-24-9-5-21(6-10-24)22-8-12-26-27(15-22)43-18-42-26)30(39)32-35-13-14-37(17-20-3-4-20)28(34(35,2)41)16-23-7-11-25(38)31(44-32)29(23)35/h5-12,15,20,28,32,38-39,41H,3-4,13-14,16-18H2,1-2H3,(H,36,40)/b30-19-/t28-,32+,34-,35+/m1/s1. The highest BCUT2D eigenvalue weighted by molar-refractivity contribution is 6.03. The highest BCUT2D eigenvalue weighted by Gasteiger charge is 2.69. The first-order valence-corrected chi connectivity index (χ1v) is 15.4. The minimum absolute atomic E-state index is 0.0299. The van der Waals surface area contributed by atoms with Gasteiger partial charge in [0.2, 0.25) is 6.79 Å². The quantitative estimate of drug-likeness (QED) is 0.231. The average Bonchev–Trinajstić information content (AvgIpc) is 3.57. The number of benzene rings is 3. The predicted octanol–water partition coefficient (Wildman–Crippen LogP) is 5.05. The van der Waals surface area contributed by atoms with E-state index in [9.17, 15) is 20.1 Å². The fraction of sp³-hybridized carbons (Fsp3) is 0.400. The van der Waals surface area contributed by atoms with E-state index in [1.54, 1.807) is 25.1 Å². The van der Waals surface area contributed by atoms with Gasteiger partial charge in [-0.1, -0.05) is 24.3 Å². The maximum absolute atomic E-state index is 13.5. The van der Waals surface area contributed by atoms with E-state index < -0.39 is 23.0 Å². The second-order valence-electron chi connectivity index (χ2n) is 13.1. The fourth-order valence-corrected chi connectivity index (χ4v) is 7.93. The summed E-state index contributed by atoms with van der Waals surface area (Å²) in [5.41, 5.74) is 2.05. The molecular formula is C35H36N2O7. The van der Waals surface area contributed by atoms with E-state index >= 15 is 0 Å². The highest BCUT2D eigenvalue weighted by Crippen LogP contribution is 2.63. The van der Waals surface area contributed by atoms with E-state index in [4.69, 9.17) is 14.2 Å². The number of ether oxygens (including phenoxy) is 3. The van der Waals surface area contributed by atoms with Crippen LogP contribution in [0.4, 0.5) is 5.69 Å². The van der Waals surface area contributed by atoms with Crippen LogP contribution in [-0.2, 0) is 16.6 Å². The second kappa shape index (κ2) is 9.64. The van der Waals surface area contributed by atoms with Crippen LogP contribution in [0.2, 0.25) is 0 Å². The lowest BCUT2D eigenvalue weighted by Crippen LogP contribution is -2.73. The number of phenolic OH excluding ortho intramolecular Hbond substituents is 1. The van der Waals surface area contributed by atoms with Gasteiger partial charge in [-0.3, -0.25) is 9.69 Å². The van der Waals surface area contributed by atoms with Gasteiger partial charge in [0.25, 0.3) is 5.91 Å². The van der Waals surface area contributed by atoms with Gasteiger partial charge in [-0.25, -0.2) is 0 Å². The molecule has 44 heavy (non-hydrogen) atoms. The monoisotopic (exact) mass is 596 g/mol. The summed E-state index contributed by atoms with van der Waals surface area (Å²) in [6.45, 7) is 5.29. The number of fused-ring (bicyclic) bond motifs is 2. The molecule has 9 heteroatoms. The first-order valence-electron chi connectivity index (χ1n) is 15.4. The average molecular weight is 597 g/mol. The van der Waals surface area contributed by atoms with Crippen LogP contribution in [0.1, 0.15) is 44.2 Å². The van der Waals surface area contributed by atoms with Crippen LogP contribution in [0.3, 0.4) is 0 Å². The molecule has 8 rings (SSSR count). The molecule has 2 fully saturated rings. The number of aliphatic hydroxyl groups excluding tert-OH is 1. The molecule has 3 aromatic rings. The molecule has 4 atom stereocenters. The lowest BCUT2D eigenvalue weighted by atomic mass is 9.53. The molecule has 228 valence electrons. The van der Waals surface area contributed by atoms with Crippen molar-refractivity contribution in [3.63, 3.8) is 0 Å². The number of carbonyl (C=O) groups is 1. The van der Waals surface area contributed by atoms with Crippen molar-refractivity contribution < 1.29 is 34.3 Å². The third-order valence-corrected chi connectivity index (χ3v) is 10.6. The maximum atomic E-state index is 13.5. The summed E-state index contributed by atoms with van der Waals surface area (Å²) in [7, 11) is 0. The lowest BCUT2D eigenvalue weighted by Gasteiger charge is -2.59. The number of rotatable bonds is 6. The van der Waals surface area contributed by atoms with Crippen molar-refractivity contribution in [3.8, 4) is 34.1 Å². The van der Waals surface area contributed by atoms with Crippen molar-refractivity contribution in [1.29, 1.82) is 0 Å². The molecule has 3 aliphatic heterocycles. The molecule has 1 amide bonds. The van der Waals surface area contributed by atoms with Crippen LogP contribution in [0.25, 0.3) is 11.1 Å². The molecule has 0 radical (unpaired) electrons. The number of aromatic hydroxyl groups is 1. The van der Waals surface area contributed by atoms with Crippen LogP contribution >= 0.6 is 0 Å². The zero-order valence-corrected chi connectivity index (χ0v) is 24.8. The van der Waals surface area contributed by atoms with Gasteiger partial charge >= 0.3 is 0 Å². The van der Waals surface area contributed by atoms with Gasteiger partial charge in [-0.05, 0) is 99.0 Å². The van der Waals surface area contributed by atoms with Gasteiger partial charge in [0.05, 0.1) is 16.6 Å². The van der Waals surface area contributed by atoms with Crippen molar-refractivity contribution in [2.75, 3.05) is 25.2 Å². The van der Waals surface area contributed by atoms with Crippen LogP contribution < -0.4 is 19.5 Å². The number of nitrogens with zero attached hydrogens (tertiary/aromatic N) is 1. The van der Waals surface area contributed by atoms with Crippen molar-refractivity contribution >= 4 is 11.6 Å². The topological polar surface area (TPSA) is 121 Å². The Labute approximate surface area is 255 Å². The number of carbonyl (C=O) groups excluding carboxylic acids is 1. The molecule has 0 unspecified atom stereocenters. The summed E-state index contributed by atoms with van der Waals surface area (Å²) >= 11 is 0. The number of hydrogen-bond acceptors (Lipinski definition) is 8. The van der Waals surface area contributed by atoms with E-state index in [1.165, 1.54) is 12.8 Å². The fourth-order valence-electron chi connectivity index (χ4n) is 7.93. The number of anilines is 1. The Bertz CT molecular complexity index is 1710.